The van der Waals surface area contributed by atoms with Crippen molar-refractivity contribution < 1.29 is 22.8 Å². The van der Waals surface area contributed by atoms with Crippen LogP contribution >= 0.6 is 0 Å². The quantitative estimate of drug-likeness (QED) is 0.476. The summed E-state index contributed by atoms with van der Waals surface area (Å²) in [5.41, 5.74) is 0.365. The molecule has 3 rings (SSSR count). The topological polar surface area (TPSA) is 79.3 Å². The molecule has 1 aliphatic rings. The summed E-state index contributed by atoms with van der Waals surface area (Å²) in [5, 5.41) is 5.73. The van der Waals surface area contributed by atoms with Crippen LogP contribution in [0.3, 0.4) is 0 Å². The number of benzene rings is 1. The minimum Gasteiger partial charge on any atom is -0.341 e. The molecule has 2 heterocycles. The molecule has 1 aromatic carbocycles. The summed E-state index contributed by atoms with van der Waals surface area (Å²) < 4.78 is 43.5. The zero-order chi connectivity index (χ0) is 23.4. The van der Waals surface area contributed by atoms with Crippen LogP contribution in [0.4, 0.5) is 13.2 Å². The molecular weight excluding hydrogens is 423 g/mol. The van der Waals surface area contributed by atoms with Gasteiger partial charge in [0, 0.05) is 19.2 Å². The number of hydrogen-bond acceptors (Lipinski definition) is 5. The largest absolute Gasteiger partial charge is 0.341 e. The second kappa shape index (κ2) is 10.3. The van der Waals surface area contributed by atoms with Crippen molar-refractivity contribution in [2.75, 3.05) is 27.2 Å². The summed E-state index contributed by atoms with van der Waals surface area (Å²) in [6, 6.07) is 0.514. The van der Waals surface area contributed by atoms with E-state index in [4.69, 9.17) is 0 Å². The molecular formula is C22H28F3N5O2. The lowest BCUT2D eigenvalue weighted by Crippen LogP contribution is -2.39. The molecule has 2 aromatic rings. The number of amides is 1. The number of rotatable bonds is 8. The van der Waals surface area contributed by atoms with Crippen LogP contribution in [-0.4, -0.2) is 59.9 Å². The third-order valence-electron chi connectivity index (χ3n) is 5.57. The maximum absolute atomic E-state index is 14.5. The summed E-state index contributed by atoms with van der Waals surface area (Å²) in [6.07, 6.45) is 1.83. The molecule has 1 aliphatic heterocycles. The maximum atomic E-state index is 14.5. The fraction of sp³-hybridized carbons (Fsp3) is 0.500. The Bertz CT molecular complexity index is 994. The van der Waals surface area contributed by atoms with Crippen LogP contribution in [0.15, 0.2) is 12.1 Å². The zero-order valence-corrected chi connectivity index (χ0v) is 18.4. The molecule has 7 nitrogen and oxygen atoms in total. The van der Waals surface area contributed by atoms with Gasteiger partial charge in [-0.05, 0) is 52.0 Å². The Morgan fingerprint density at radius 3 is 2.62 bits per heavy atom. The Labute approximate surface area is 185 Å². The Hall–Kier alpha value is -2.72. The first-order valence-electron chi connectivity index (χ1n) is 10.6. The van der Waals surface area contributed by atoms with Gasteiger partial charge in [0.05, 0.1) is 17.3 Å². The molecule has 1 aromatic heterocycles. The van der Waals surface area contributed by atoms with Crippen molar-refractivity contribution >= 4 is 12.2 Å². The number of hydrogen-bond donors (Lipinski definition) is 2. The van der Waals surface area contributed by atoms with Gasteiger partial charge in [-0.2, -0.15) is 0 Å². The first-order valence-corrected chi connectivity index (χ1v) is 10.6. The Morgan fingerprint density at radius 1 is 1.22 bits per heavy atom. The first-order chi connectivity index (χ1) is 15.2. The summed E-state index contributed by atoms with van der Waals surface area (Å²) in [5.74, 6) is -3.82. The smallest absolute Gasteiger partial charge is 0.272 e. The fourth-order valence-corrected chi connectivity index (χ4v) is 4.05. The van der Waals surface area contributed by atoms with Gasteiger partial charge in [0.1, 0.15) is 17.9 Å². The molecule has 0 fully saturated rings. The van der Waals surface area contributed by atoms with Crippen molar-refractivity contribution in [2.45, 2.75) is 38.9 Å². The van der Waals surface area contributed by atoms with E-state index >= 15 is 0 Å². The number of aldehydes is 1. The van der Waals surface area contributed by atoms with Crippen molar-refractivity contribution in [3.63, 3.8) is 0 Å². The van der Waals surface area contributed by atoms with E-state index in [-0.39, 0.29) is 23.0 Å². The summed E-state index contributed by atoms with van der Waals surface area (Å²) in [7, 11) is 3.69. The van der Waals surface area contributed by atoms with Crippen molar-refractivity contribution in [1.82, 2.24) is 25.1 Å². The Morgan fingerprint density at radius 2 is 1.94 bits per heavy atom. The molecule has 0 saturated carbocycles. The molecule has 1 amide bonds. The van der Waals surface area contributed by atoms with E-state index in [2.05, 4.69) is 15.6 Å². The van der Waals surface area contributed by atoms with Crippen molar-refractivity contribution in [1.29, 1.82) is 0 Å². The van der Waals surface area contributed by atoms with Gasteiger partial charge in [-0.3, -0.25) is 4.79 Å². The van der Waals surface area contributed by atoms with Gasteiger partial charge >= 0.3 is 0 Å². The average Bonchev–Trinajstić information content (AvgIpc) is 2.96. The Balaban J connectivity index is 2.00. The highest BCUT2D eigenvalue weighted by atomic mass is 19.2. The van der Waals surface area contributed by atoms with E-state index in [1.165, 1.54) is 0 Å². The molecule has 1 unspecified atom stereocenters. The van der Waals surface area contributed by atoms with Crippen molar-refractivity contribution in [3.05, 3.63) is 41.0 Å². The van der Waals surface area contributed by atoms with Crippen LogP contribution in [0.2, 0.25) is 0 Å². The number of nitrogens with one attached hydrogen (secondary N) is 2. The lowest BCUT2D eigenvalue weighted by molar-refractivity contribution is -0.109. The number of aromatic nitrogens is 2. The number of fused-ring (bicyclic) bond motifs is 1. The SMILES string of the molecule is CNCC(C)C[C@@H](C=O)NC(=O)c1nc(-c2cc(F)c(F)cc2F)n2c1CN(C)CCC2. The van der Waals surface area contributed by atoms with Gasteiger partial charge < -0.3 is 24.9 Å². The molecule has 10 heteroatoms. The third kappa shape index (κ3) is 5.18. The van der Waals surface area contributed by atoms with Crippen LogP contribution in [-0.2, 0) is 17.9 Å². The highest BCUT2D eigenvalue weighted by molar-refractivity contribution is 5.95. The monoisotopic (exact) mass is 451 g/mol. The van der Waals surface area contributed by atoms with Crippen LogP contribution in [0.25, 0.3) is 11.4 Å². The van der Waals surface area contributed by atoms with Crippen LogP contribution < -0.4 is 10.6 Å². The van der Waals surface area contributed by atoms with E-state index in [1.807, 2.05) is 18.9 Å². The Kier molecular flexibility index (Phi) is 7.68. The summed E-state index contributed by atoms with van der Waals surface area (Å²) in [6.45, 7) is 4.18. The molecule has 0 radical (unpaired) electrons. The average molecular weight is 451 g/mol. The van der Waals surface area contributed by atoms with Gasteiger partial charge in [-0.1, -0.05) is 6.92 Å². The lowest BCUT2D eigenvalue weighted by atomic mass is 10.0. The molecule has 2 N–H and O–H groups in total. The van der Waals surface area contributed by atoms with Crippen LogP contribution in [0, 0.1) is 23.4 Å². The summed E-state index contributed by atoms with van der Waals surface area (Å²) >= 11 is 0. The van der Waals surface area contributed by atoms with Crippen LogP contribution in [0.1, 0.15) is 35.9 Å². The minimum atomic E-state index is -1.30. The predicted octanol–water partition coefficient (Wildman–Crippen LogP) is 2.35. The number of halogens is 3. The highest BCUT2D eigenvalue weighted by Crippen LogP contribution is 2.29. The molecule has 0 aliphatic carbocycles. The predicted molar refractivity (Wildman–Crippen MR) is 114 cm³/mol. The van der Waals surface area contributed by atoms with E-state index < -0.39 is 29.4 Å². The van der Waals surface area contributed by atoms with Gasteiger partial charge in [0.25, 0.3) is 5.91 Å². The summed E-state index contributed by atoms with van der Waals surface area (Å²) in [4.78, 5) is 31.0. The van der Waals surface area contributed by atoms with Crippen molar-refractivity contribution in [2.24, 2.45) is 5.92 Å². The first kappa shape index (κ1) is 23.9. The van der Waals surface area contributed by atoms with Gasteiger partial charge in [-0.15, -0.1) is 0 Å². The van der Waals surface area contributed by atoms with Crippen molar-refractivity contribution in [3.8, 4) is 11.4 Å². The lowest BCUT2D eigenvalue weighted by Gasteiger charge is -2.18. The standard InChI is InChI=1S/C22H28F3N5O2/c1-13(10-26-2)7-14(12-31)27-22(32)20-19-11-29(3)5-4-6-30(19)21(28-20)15-8-17(24)18(25)9-16(15)23/h8-9,12-14,26H,4-7,10-11H2,1-3H3,(H,27,32)/t13?,14-/m0/s1. The number of nitrogens with zero attached hydrogens (tertiary/aromatic N) is 3. The molecule has 174 valence electrons. The van der Waals surface area contributed by atoms with E-state index in [9.17, 15) is 22.8 Å². The number of carbonyl (C=O) groups is 2. The molecule has 0 spiro atoms. The maximum Gasteiger partial charge on any atom is 0.272 e. The van der Waals surface area contributed by atoms with E-state index in [1.54, 1.807) is 11.6 Å². The fourth-order valence-electron chi connectivity index (χ4n) is 4.05. The normalized spacial score (nSPS) is 16.2. The van der Waals surface area contributed by atoms with Gasteiger partial charge in [0.2, 0.25) is 0 Å². The zero-order valence-electron chi connectivity index (χ0n) is 18.4. The third-order valence-corrected chi connectivity index (χ3v) is 5.57. The minimum absolute atomic E-state index is 0.0472. The van der Waals surface area contributed by atoms with Gasteiger partial charge in [0.15, 0.2) is 17.3 Å². The van der Waals surface area contributed by atoms with E-state index in [0.29, 0.717) is 50.5 Å². The molecule has 32 heavy (non-hydrogen) atoms. The number of imidazole rings is 1. The highest BCUT2D eigenvalue weighted by Gasteiger charge is 2.29. The second-order valence-corrected chi connectivity index (χ2v) is 8.33. The van der Waals surface area contributed by atoms with Crippen LogP contribution in [0.5, 0.6) is 0 Å². The molecule has 0 bridgehead atoms. The van der Waals surface area contributed by atoms with Gasteiger partial charge in [-0.25, -0.2) is 18.2 Å². The number of carbonyl (C=O) groups excluding carboxylic acids is 2. The molecule has 0 saturated heterocycles. The molecule has 2 atom stereocenters. The second-order valence-electron chi connectivity index (χ2n) is 8.33. The van der Waals surface area contributed by atoms with E-state index in [0.717, 1.165) is 12.6 Å².